The van der Waals surface area contributed by atoms with Gasteiger partial charge in [-0.2, -0.15) is 0 Å². The summed E-state index contributed by atoms with van der Waals surface area (Å²) in [7, 11) is 3.88. The molecule has 0 saturated carbocycles. The molecule has 2 aromatic rings. The zero-order chi connectivity index (χ0) is 20.9. The number of aromatic nitrogens is 1. The number of rotatable bonds is 5. The van der Waals surface area contributed by atoms with E-state index in [1.54, 1.807) is 45.0 Å². The Morgan fingerprint density at radius 1 is 1.04 bits per heavy atom. The number of anilines is 2. The lowest BCUT2D eigenvalue weighted by atomic mass is 10.2. The van der Waals surface area contributed by atoms with Crippen molar-refractivity contribution in [3.8, 4) is 0 Å². The summed E-state index contributed by atoms with van der Waals surface area (Å²) < 4.78 is 6.29. The van der Waals surface area contributed by atoms with Gasteiger partial charge in [0.2, 0.25) is 0 Å². The fourth-order valence-corrected chi connectivity index (χ4v) is 2.55. The molecule has 0 fully saturated rings. The summed E-state index contributed by atoms with van der Waals surface area (Å²) in [5, 5.41) is 0. The maximum absolute atomic E-state index is 12.7. The smallest absolute Gasteiger partial charge is 0.418 e. The minimum absolute atomic E-state index is 0.248. The standard InChI is InChI=1S/C21H24IN3O3/c1-21(2,3)28-20(27)25(17-9-7-16(8-10-17)24(4)5)13-12-18(26)15-6-11-19(22)23-14-15/h6-14H,1-5H3/b13-12+. The second kappa shape index (κ2) is 9.18. The summed E-state index contributed by atoms with van der Waals surface area (Å²) in [5.41, 5.74) is 1.39. The van der Waals surface area contributed by atoms with E-state index in [4.69, 9.17) is 4.74 Å². The molecule has 0 saturated heterocycles. The van der Waals surface area contributed by atoms with Crippen LogP contribution in [0.5, 0.6) is 0 Å². The van der Waals surface area contributed by atoms with Crippen LogP contribution in [-0.4, -0.2) is 36.6 Å². The van der Waals surface area contributed by atoms with E-state index in [0.29, 0.717) is 11.3 Å². The van der Waals surface area contributed by atoms with E-state index in [1.807, 2.05) is 31.1 Å². The summed E-state index contributed by atoms with van der Waals surface area (Å²) >= 11 is 2.07. The van der Waals surface area contributed by atoms with Crippen molar-refractivity contribution in [1.29, 1.82) is 0 Å². The number of ether oxygens (including phenoxy) is 1. The third-order valence-corrected chi connectivity index (χ3v) is 4.26. The lowest BCUT2D eigenvalue weighted by Crippen LogP contribution is -2.33. The van der Waals surface area contributed by atoms with Gasteiger partial charge in [0.25, 0.3) is 0 Å². The molecule has 1 heterocycles. The molecule has 0 radical (unpaired) electrons. The Bertz CT molecular complexity index is 854. The van der Waals surface area contributed by atoms with Gasteiger partial charge in [-0.25, -0.2) is 9.78 Å². The highest BCUT2D eigenvalue weighted by atomic mass is 127. The predicted molar refractivity (Wildman–Crippen MR) is 120 cm³/mol. The molecule has 0 atom stereocenters. The molecule has 1 amide bonds. The van der Waals surface area contributed by atoms with Crippen LogP contribution < -0.4 is 9.80 Å². The van der Waals surface area contributed by atoms with E-state index in [1.165, 1.54) is 23.4 Å². The first-order valence-corrected chi connectivity index (χ1v) is 9.78. The minimum Gasteiger partial charge on any atom is -0.443 e. The molecule has 0 spiro atoms. The quantitative estimate of drug-likeness (QED) is 0.257. The number of hydrogen-bond donors (Lipinski definition) is 0. The van der Waals surface area contributed by atoms with Crippen LogP contribution in [0, 0.1) is 3.70 Å². The molecule has 0 bridgehead atoms. The Labute approximate surface area is 179 Å². The zero-order valence-electron chi connectivity index (χ0n) is 16.6. The van der Waals surface area contributed by atoms with Gasteiger partial charge < -0.3 is 9.64 Å². The second-order valence-electron chi connectivity index (χ2n) is 7.31. The molecule has 7 heteroatoms. The topological polar surface area (TPSA) is 62.7 Å². The number of amides is 1. The predicted octanol–water partition coefficient (Wildman–Crippen LogP) is 4.89. The number of carbonyl (C=O) groups is 2. The van der Waals surface area contributed by atoms with E-state index >= 15 is 0 Å². The van der Waals surface area contributed by atoms with Gasteiger partial charge in [-0.05, 0) is 79.8 Å². The van der Waals surface area contributed by atoms with Crippen molar-refractivity contribution in [2.75, 3.05) is 23.9 Å². The van der Waals surface area contributed by atoms with E-state index in [0.717, 1.165) is 9.39 Å². The normalized spacial score (nSPS) is 11.4. The van der Waals surface area contributed by atoms with Crippen molar-refractivity contribution in [1.82, 2.24) is 4.98 Å². The maximum Gasteiger partial charge on any atom is 0.418 e. The fraction of sp³-hybridized carbons (Fsp3) is 0.286. The van der Waals surface area contributed by atoms with Crippen LogP contribution in [0.4, 0.5) is 16.2 Å². The molecule has 0 N–H and O–H groups in total. The summed E-state index contributed by atoms with van der Waals surface area (Å²) in [6, 6.07) is 10.9. The average Bonchev–Trinajstić information content (AvgIpc) is 2.61. The highest BCUT2D eigenvalue weighted by molar-refractivity contribution is 14.1. The van der Waals surface area contributed by atoms with E-state index in [2.05, 4.69) is 27.6 Å². The minimum atomic E-state index is -0.656. The van der Waals surface area contributed by atoms with Gasteiger partial charge in [0.05, 0.1) is 5.69 Å². The first kappa shape index (κ1) is 21.9. The summed E-state index contributed by atoms with van der Waals surface area (Å²) in [4.78, 5) is 32.5. The lowest BCUT2D eigenvalue weighted by molar-refractivity contribution is 0.0596. The molecular weight excluding hydrogens is 469 g/mol. The molecule has 148 valence electrons. The SMILES string of the molecule is CN(C)c1ccc(N(/C=C/C(=O)c2ccc(I)nc2)C(=O)OC(C)(C)C)cc1. The summed E-state index contributed by atoms with van der Waals surface area (Å²) in [6.45, 7) is 5.39. The zero-order valence-corrected chi connectivity index (χ0v) is 18.8. The van der Waals surface area contributed by atoms with Gasteiger partial charge in [0.1, 0.15) is 9.30 Å². The van der Waals surface area contributed by atoms with Crippen LogP contribution in [-0.2, 0) is 4.74 Å². The Hall–Kier alpha value is -2.42. The fourth-order valence-electron chi connectivity index (χ4n) is 2.23. The van der Waals surface area contributed by atoms with Crippen molar-refractivity contribution in [2.24, 2.45) is 0 Å². The molecule has 1 aromatic carbocycles. The molecule has 0 aliphatic rings. The van der Waals surface area contributed by atoms with Crippen LogP contribution in [0.25, 0.3) is 0 Å². The molecular formula is C21H24IN3O3. The number of benzene rings is 1. The van der Waals surface area contributed by atoms with E-state index < -0.39 is 11.7 Å². The number of hydrogen-bond acceptors (Lipinski definition) is 5. The van der Waals surface area contributed by atoms with Crippen molar-refractivity contribution in [3.63, 3.8) is 0 Å². The van der Waals surface area contributed by atoms with E-state index in [9.17, 15) is 9.59 Å². The molecule has 2 rings (SSSR count). The summed E-state index contributed by atoms with van der Waals surface area (Å²) in [6.07, 6.45) is 3.72. The summed E-state index contributed by atoms with van der Waals surface area (Å²) in [5.74, 6) is -0.248. The van der Waals surface area contributed by atoms with Gasteiger partial charge in [-0.1, -0.05) is 0 Å². The number of nitrogens with zero attached hydrogens (tertiary/aromatic N) is 3. The van der Waals surface area contributed by atoms with Crippen LogP contribution in [0.3, 0.4) is 0 Å². The Morgan fingerprint density at radius 3 is 2.14 bits per heavy atom. The first-order valence-electron chi connectivity index (χ1n) is 8.70. The van der Waals surface area contributed by atoms with Crippen LogP contribution >= 0.6 is 22.6 Å². The van der Waals surface area contributed by atoms with Crippen LogP contribution in [0.1, 0.15) is 31.1 Å². The number of carbonyl (C=O) groups excluding carboxylic acids is 2. The Balaban J connectivity index is 2.30. The maximum atomic E-state index is 12.7. The van der Waals surface area contributed by atoms with Crippen molar-refractivity contribution >= 4 is 45.8 Å². The Morgan fingerprint density at radius 2 is 1.64 bits per heavy atom. The molecule has 0 aliphatic carbocycles. The lowest BCUT2D eigenvalue weighted by Gasteiger charge is -2.25. The third kappa shape index (κ3) is 6.33. The number of halogens is 1. The number of allylic oxidation sites excluding steroid dienone is 1. The second-order valence-corrected chi connectivity index (χ2v) is 8.42. The highest BCUT2D eigenvalue weighted by Gasteiger charge is 2.22. The number of ketones is 1. The van der Waals surface area contributed by atoms with Crippen molar-refractivity contribution in [2.45, 2.75) is 26.4 Å². The highest BCUT2D eigenvalue weighted by Crippen LogP contribution is 2.22. The molecule has 6 nitrogen and oxygen atoms in total. The molecule has 0 aliphatic heterocycles. The Kier molecular flexibility index (Phi) is 7.17. The molecule has 28 heavy (non-hydrogen) atoms. The monoisotopic (exact) mass is 493 g/mol. The van der Waals surface area contributed by atoms with Gasteiger partial charge >= 0.3 is 6.09 Å². The van der Waals surface area contributed by atoms with Crippen molar-refractivity contribution < 1.29 is 14.3 Å². The van der Waals surface area contributed by atoms with Gasteiger partial charge in [0, 0.05) is 43.8 Å². The van der Waals surface area contributed by atoms with E-state index in [-0.39, 0.29) is 5.78 Å². The number of pyridine rings is 1. The van der Waals surface area contributed by atoms with Gasteiger partial charge in [0.15, 0.2) is 5.78 Å². The molecule has 0 unspecified atom stereocenters. The third-order valence-electron chi connectivity index (χ3n) is 3.62. The van der Waals surface area contributed by atoms with Gasteiger partial charge in [-0.15, -0.1) is 0 Å². The average molecular weight is 493 g/mol. The van der Waals surface area contributed by atoms with Crippen LogP contribution in [0.2, 0.25) is 0 Å². The largest absolute Gasteiger partial charge is 0.443 e. The van der Waals surface area contributed by atoms with Gasteiger partial charge in [-0.3, -0.25) is 9.69 Å². The van der Waals surface area contributed by atoms with Crippen molar-refractivity contribution in [3.05, 3.63) is 64.1 Å². The van der Waals surface area contributed by atoms with Crippen LogP contribution in [0.15, 0.2) is 54.9 Å². The molecule has 1 aromatic heterocycles. The first-order chi connectivity index (χ1) is 13.1.